The van der Waals surface area contributed by atoms with Crippen molar-refractivity contribution < 1.29 is 4.79 Å². The van der Waals surface area contributed by atoms with Crippen molar-refractivity contribution >= 4 is 5.78 Å². The summed E-state index contributed by atoms with van der Waals surface area (Å²) in [5, 5.41) is 0. The van der Waals surface area contributed by atoms with Crippen LogP contribution in [0.3, 0.4) is 0 Å². The molecule has 0 saturated heterocycles. The highest BCUT2D eigenvalue weighted by atomic mass is 16.1. The van der Waals surface area contributed by atoms with E-state index in [1.165, 1.54) is 5.56 Å². The molecule has 1 rings (SSSR count). The van der Waals surface area contributed by atoms with Crippen molar-refractivity contribution in [1.29, 1.82) is 0 Å². The van der Waals surface area contributed by atoms with Gasteiger partial charge in [0, 0.05) is 12.0 Å². The summed E-state index contributed by atoms with van der Waals surface area (Å²) in [5.41, 5.74) is 3.06. The Kier molecular flexibility index (Phi) is 4.48. The average Bonchev–Trinajstić information content (AvgIpc) is 2.28. The minimum atomic E-state index is 0.169. The van der Waals surface area contributed by atoms with Gasteiger partial charge in [-0.25, -0.2) is 0 Å². The second-order valence-corrected chi connectivity index (χ2v) is 4.48. The van der Waals surface area contributed by atoms with Crippen LogP contribution in [0.4, 0.5) is 0 Å². The monoisotopic (exact) mass is 216 g/mol. The van der Waals surface area contributed by atoms with Gasteiger partial charge >= 0.3 is 0 Å². The third-order valence-corrected chi connectivity index (χ3v) is 2.81. The Morgan fingerprint density at radius 3 is 2.25 bits per heavy atom. The maximum Gasteiger partial charge on any atom is 0.166 e. The van der Waals surface area contributed by atoms with Gasteiger partial charge in [-0.05, 0) is 17.9 Å². The zero-order chi connectivity index (χ0) is 12.1. The molecule has 0 N–H and O–H groups in total. The molecule has 0 aliphatic rings. The second kappa shape index (κ2) is 5.64. The molecule has 0 bridgehead atoms. The Hall–Kier alpha value is -1.37. The fraction of sp³-hybridized carbons (Fsp3) is 0.400. The predicted octanol–water partition coefficient (Wildman–Crippen LogP) is 4.35. The first-order valence-corrected chi connectivity index (χ1v) is 5.84. The van der Waals surface area contributed by atoms with Crippen molar-refractivity contribution in [3.63, 3.8) is 0 Å². The van der Waals surface area contributed by atoms with Gasteiger partial charge in [0.2, 0.25) is 0 Å². The maximum atomic E-state index is 11.8. The summed E-state index contributed by atoms with van der Waals surface area (Å²) in [4.78, 5) is 11.8. The summed E-state index contributed by atoms with van der Waals surface area (Å²) in [6.45, 7) is 10.2. The summed E-state index contributed by atoms with van der Waals surface area (Å²) in [6.07, 6.45) is 1.34. The molecule has 0 spiro atoms. The van der Waals surface area contributed by atoms with Crippen LogP contribution >= 0.6 is 0 Å². The zero-order valence-corrected chi connectivity index (χ0v) is 10.4. The standard InChI is InChI=1S/C15H20O/c1-5-12(4)10-15(16)14-8-6-13(7-9-14)11(2)3/h6-9,11H,4-5,10H2,1-3H3. The van der Waals surface area contributed by atoms with Crippen LogP contribution in [0.15, 0.2) is 36.4 Å². The van der Waals surface area contributed by atoms with Crippen LogP contribution in [-0.2, 0) is 0 Å². The molecule has 1 nitrogen and oxygen atoms in total. The van der Waals surface area contributed by atoms with Crippen LogP contribution < -0.4 is 0 Å². The van der Waals surface area contributed by atoms with Gasteiger partial charge in [0.25, 0.3) is 0 Å². The van der Waals surface area contributed by atoms with Crippen molar-refractivity contribution in [3.05, 3.63) is 47.5 Å². The highest BCUT2D eigenvalue weighted by Crippen LogP contribution is 2.16. The molecule has 0 heterocycles. The van der Waals surface area contributed by atoms with E-state index < -0.39 is 0 Å². The molecule has 0 aliphatic carbocycles. The van der Waals surface area contributed by atoms with Crippen molar-refractivity contribution in [2.75, 3.05) is 0 Å². The van der Waals surface area contributed by atoms with Crippen LogP contribution in [-0.4, -0.2) is 5.78 Å². The van der Waals surface area contributed by atoms with E-state index in [-0.39, 0.29) is 5.78 Å². The van der Waals surface area contributed by atoms with Crippen molar-refractivity contribution in [3.8, 4) is 0 Å². The molecule has 0 unspecified atom stereocenters. The molecule has 0 amide bonds. The highest BCUT2D eigenvalue weighted by Gasteiger charge is 2.07. The summed E-state index contributed by atoms with van der Waals surface area (Å²) in [5.74, 6) is 0.678. The Bertz CT molecular complexity index is 371. The molecule has 0 fully saturated rings. The Morgan fingerprint density at radius 1 is 1.25 bits per heavy atom. The van der Waals surface area contributed by atoms with Crippen LogP contribution in [0.1, 0.15) is 55.5 Å². The lowest BCUT2D eigenvalue weighted by molar-refractivity contribution is 0.0992. The number of carbonyl (C=O) groups excluding carboxylic acids is 1. The Labute approximate surface area is 98.2 Å². The van der Waals surface area contributed by atoms with Gasteiger partial charge in [-0.2, -0.15) is 0 Å². The quantitative estimate of drug-likeness (QED) is 0.528. The van der Waals surface area contributed by atoms with Gasteiger partial charge < -0.3 is 0 Å². The largest absolute Gasteiger partial charge is 0.294 e. The molecular formula is C15H20O. The van der Waals surface area contributed by atoms with Gasteiger partial charge in [0.15, 0.2) is 5.78 Å². The molecule has 1 heteroatoms. The zero-order valence-electron chi connectivity index (χ0n) is 10.4. The summed E-state index contributed by atoms with van der Waals surface area (Å²) < 4.78 is 0. The lowest BCUT2D eigenvalue weighted by atomic mass is 9.98. The molecule has 16 heavy (non-hydrogen) atoms. The van der Waals surface area contributed by atoms with Crippen LogP contribution in [0.2, 0.25) is 0 Å². The van der Waals surface area contributed by atoms with Crippen molar-refractivity contribution in [1.82, 2.24) is 0 Å². The molecule has 1 aromatic rings. The molecule has 0 radical (unpaired) electrons. The maximum absolute atomic E-state index is 11.8. The minimum absolute atomic E-state index is 0.169. The van der Waals surface area contributed by atoms with E-state index in [4.69, 9.17) is 0 Å². The van der Waals surface area contributed by atoms with Crippen molar-refractivity contribution in [2.45, 2.75) is 39.5 Å². The number of hydrogen-bond acceptors (Lipinski definition) is 1. The third kappa shape index (κ3) is 3.34. The SMILES string of the molecule is C=C(CC)CC(=O)c1ccc(C(C)C)cc1. The molecule has 0 aliphatic heterocycles. The predicted molar refractivity (Wildman–Crippen MR) is 68.9 cm³/mol. The van der Waals surface area contributed by atoms with E-state index in [0.29, 0.717) is 12.3 Å². The van der Waals surface area contributed by atoms with Crippen LogP contribution in [0, 0.1) is 0 Å². The number of rotatable bonds is 5. The van der Waals surface area contributed by atoms with Gasteiger partial charge in [0.05, 0.1) is 0 Å². The van der Waals surface area contributed by atoms with Gasteiger partial charge in [-0.15, -0.1) is 0 Å². The van der Waals surface area contributed by atoms with Crippen LogP contribution in [0.25, 0.3) is 0 Å². The van der Waals surface area contributed by atoms with E-state index in [0.717, 1.165) is 17.6 Å². The summed E-state index contributed by atoms with van der Waals surface area (Å²) in [7, 11) is 0. The first-order valence-electron chi connectivity index (χ1n) is 5.84. The smallest absolute Gasteiger partial charge is 0.166 e. The second-order valence-electron chi connectivity index (χ2n) is 4.48. The lowest BCUT2D eigenvalue weighted by Crippen LogP contribution is -2.00. The molecular weight excluding hydrogens is 196 g/mol. The summed E-state index contributed by atoms with van der Waals surface area (Å²) in [6, 6.07) is 7.90. The van der Waals surface area contributed by atoms with Gasteiger partial charge in [-0.3, -0.25) is 4.79 Å². The number of ketones is 1. The number of allylic oxidation sites excluding steroid dienone is 1. The number of Topliss-reactive ketones (excluding diaryl/α,β-unsaturated/α-hetero) is 1. The first kappa shape index (κ1) is 12.7. The molecule has 1 aromatic carbocycles. The number of benzene rings is 1. The van der Waals surface area contributed by atoms with E-state index >= 15 is 0 Å². The first-order chi connectivity index (χ1) is 7.54. The van der Waals surface area contributed by atoms with Crippen LogP contribution in [0.5, 0.6) is 0 Å². The normalized spacial score (nSPS) is 10.5. The molecule has 86 valence electrons. The number of carbonyl (C=O) groups is 1. The number of hydrogen-bond donors (Lipinski definition) is 0. The average molecular weight is 216 g/mol. The van der Waals surface area contributed by atoms with E-state index in [1.54, 1.807) is 0 Å². The van der Waals surface area contributed by atoms with Crippen molar-refractivity contribution in [2.24, 2.45) is 0 Å². The fourth-order valence-electron chi connectivity index (χ4n) is 1.51. The Balaban J connectivity index is 2.74. The van der Waals surface area contributed by atoms with Gasteiger partial charge in [0.1, 0.15) is 0 Å². The fourth-order valence-corrected chi connectivity index (χ4v) is 1.51. The van der Waals surface area contributed by atoms with E-state index in [9.17, 15) is 4.79 Å². The topological polar surface area (TPSA) is 17.1 Å². The third-order valence-electron chi connectivity index (χ3n) is 2.81. The van der Waals surface area contributed by atoms with E-state index in [1.807, 2.05) is 31.2 Å². The lowest BCUT2D eigenvalue weighted by Gasteiger charge is -2.06. The summed E-state index contributed by atoms with van der Waals surface area (Å²) >= 11 is 0. The van der Waals surface area contributed by atoms with E-state index in [2.05, 4.69) is 20.4 Å². The molecule has 0 atom stereocenters. The molecule has 0 aromatic heterocycles. The minimum Gasteiger partial charge on any atom is -0.294 e. The van der Waals surface area contributed by atoms with Gasteiger partial charge in [-0.1, -0.05) is 57.2 Å². The molecule has 0 saturated carbocycles. The Morgan fingerprint density at radius 2 is 1.81 bits per heavy atom. The highest BCUT2D eigenvalue weighted by molar-refractivity contribution is 5.97.